The smallest absolute Gasteiger partial charge is 0.338 e. The summed E-state index contributed by atoms with van der Waals surface area (Å²) in [6, 6.07) is 15.7. The molecule has 0 fully saturated rings. The lowest BCUT2D eigenvalue weighted by atomic mass is 10.1. The second kappa shape index (κ2) is 7.96. The molecular formula is C19H12Cl3NO3. The van der Waals surface area contributed by atoms with Gasteiger partial charge in [-0.05, 0) is 35.0 Å². The van der Waals surface area contributed by atoms with Gasteiger partial charge in [-0.1, -0.05) is 65.1 Å². The zero-order valence-electron chi connectivity index (χ0n) is 13.3. The van der Waals surface area contributed by atoms with Crippen LogP contribution in [0.1, 0.15) is 10.4 Å². The SMILES string of the molecule is O=C(COC(=O)c1ccc2ccccc2c1)Nc1c(Cl)cc(Cl)cc1Cl. The molecule has 132 valence electrons. The van der Waals surface area contributed by atoms with E-state index in [1.54, 1.807) is 12.1 Å². The minimum Gasteiger partial charge on any atom is -0.452 e. The Labute approximate surface area is 164 Å². The molecule has 0 saturated heterocycles. The molecule has 3 aromatic rings. The average molecular weight is 409 g/mol. The van der Waals surface area contributed by atoms with Gasteiger partial charge < -0.3 is 10.1 Å². The summed E-state index contributed by atoms with van der Waals surface area (Å²) >= 11 is 17.8. The zero-order valence-corrected chi connectivity index (χ0v) is 15.5. The largest absolute Gasteiger partial charge is 0.452 e. The van der Waals surface area contributed by atoms with E-state index in [0.29, 0.717) is 10.6 Å². The Balaban J connectivity index is 1.64. The monoisotopic (exact) mass is 407 g/mol. The summed E-state index contributed by atoms with van der Waals surface area (Å²) in [5, 5.41) is 5.15. The van der Waals surface area contributed by atoms with Crippen LogP contribution in [0.2, 0.25) is 15.1 Å². The molecule has 0 heterocycles. The molecular weight excluding hydrogens is 397 g/mol. The Morgan fingerprint density at radius 3 is 2.23 bits per heavy atom. The Bertz CT molecular complexity index is 981. The number of carbonyl (C=O) groups is 2. The van der Waals surface area contributed by atoms with Gasteiger partial charge in [0.05, 0.1) is 21.3 Å². The Morgan fingerprint density at radius 2 is 1.54 bits per heavy atom. The van der Waals surface area contributed by atoms with Crippen LogP contribution in [-0.4, -0.2) is 18.5 Å². The van der Waals surface area contributed by atoms with Crippen LogP contribution in [0.3, 0.4) is 0 Å². The first kappa shape index (κ1) is 18.5. The highest BCUT2D eigenvalue weighted by atomic mass is 35.5. The molecule has 0 atom stereocenters. The second-order valence-corrected chi connectivity index (χ2v) is 6.68. The maximum Gasteiger partial charge on any atom is 0.338 e. The van der Waals surface area contributed by atoms with E-state index in [1.165, 1.54) is 12.1 Å². The van der Waals surface area contributed by atoms with Gasteiger partial charge in [0.2, 0.25) is 0 Å². The summed E-state index contributed by atoms with van der Waals surface area (Å²) in [6.45, 7) is -0.471. The Hall–Kier alpha value is -2.27. The summed E-state index contributed by atoms with van der Waals surface area (Å²) in [6.07, 6.45) is 0. The Morgan fingerprint density at radius 1 is 0.885 bits per heavy atom. The van der Waals surface area contributed by atoms with E-state index < -0.39 is 18.5 Å². The maximum absolute atomic E-state index is 12.2. The van der Waals surface area contributed by atoms with Crippen molar-refractivity contribution in [2.45, 2.75) is 0 Å². The van der Waals surface area contributed by atoms with Crippen LogP contribution >= 0.6 is 34.8 Å². The minimum absolute atomic E-state index is 0.191. The number of hydrogen-bond donors (Lipinski definition) is 1. The van der Waals surface area contributed by atoms with Crippen LogP contribution in [-0.2, 0) is 9.53 Å². The van der Waals surface area contributed by atoms with Crippen LogP contribution in [0.25, 0.3) is 10.8 Å². The van der Waals surface area contributed by atoms with Crippen LogP contribution < -0.4 is 5.32 Å². The fraction of sp³-hybridized carbons (Fsp3) is 0.0526. The van der Waals surface area contributed by atoms with E-state index in [0.717, 1.165) is 10.8 Å². The molecule has 0 aliphatic heterocycles. The molecule has 0 saturated carbocycles. The number of hydrogen-bond acceptors (Lipinski definition) is 3. The molecule has 0 radical (unpaired) electrons. The number of esters is 1. The lowest BCUT2D eigenvalue weighted by molar-refractivity contribution is -0.119. The van der Waals surface area contributed by atoms with Crippen molar-refractivity contribution in [1.82, 2.24) is 0 Å². The Kier molecular flexibility index (Phi) is 5.67. The number of carbonyl (C=O) groups excluding carboxylic acids is 2. The summed E-state index contributed by atoms with van der Waals surface area (Å²) in [5.41, 5.74) is 0.573. The number of anilines is 1. The first-order valence-electron chi connectivity index (χ1n) is 7.54. The summed E-state index contributed by atoms with van der Waals surface area (Å²) in [7, 11) is 0. The molecule has 3 rings (SSSR count). The lowest BCUT2D eigenvalue weighted by Gasteiger charge is -2.10. The summed E-state index contributed by atoms with van der Waals surface area (Å²) < 4.78 is 5.05. The normalized spacial score (nSPS) is 10.6. The molecule has 4 nitrogen and oxygen atoms in total. The number of rotatable bonds is 4. The van der Waals surface area contributed by atoms with Gasteiger partial charge in [-0.25, -0.2) is 4.79 Å². The van der Waals surface area contributed by atoms with E-state index in [4.69, 9.17) is 39.5 Å². The number of nitrogens with one attached hydrogen (secondary N) is 1. The van der Waals surface area contributed by atoms with Crippen molar-refractivity contribution in [3.63, 3.8) is 0 Å². The predicted molar refractivity (Wildman–Crippen MR) is 104 cm³/mol. The molecule has 0 aromatic heterocycles. The third-order valence-electron chi connectivity index (χ3n) is 3.59. The fourth-order valence-corrected chi connectivity index (χ4v) is 3.28. The molecule has 1 amide bonds. The number of ether oxygens (including phenoxy) is 1. The van der Waals surface area contributed by atoms with Crippen molar-refractivity contribution < 1.29 is 14.3 Å². The summed E-state index contributed by atoms with van der Waals surface area (Å²) in [5.74, 6) is -1.16. The number of amides is 1. The van der Waals surface area contributed by atoms with Crippen LogP contribution in [0, 0.1) is 0 Å². The molecule has 0 bridgehead atoms. The van der Waals surface area contributed by atoms with Crippen LogP contribution in [0.15, 0.2) is 54.6 Å². The number of fused-ring (bicyclic) bond motifs is 1. The quantitative estimate of drug-likeness (QED) is 0.572. The first-order valence-corrected chi connectivity index (χ1v) is 8.68. The zero-order chi connectivity index (χ0) is 18.7. The number of benzene rings is 3. The van der Waals surface area contributed by atoms with E-state index in [-0.39, 0.29) is 15.7 Å². The average Bonchev–Trinajstić information content (AvgIpc) is 2.62. The second-order valence-electron chi connectivity index (χ2n) is 5.43. The standard InChI is InChI=1S/C19H12Cl3NO3/c20-14-8-15(21)18(16(22)9-14)23-17(24)10-26-19(25)13-6-5-11-3-1-2-4-12(11)7-13/h1-9H,10H2,(H,23,24). The predicted octanol–water partition coefficient (Wildman–Crippen LogP) is 5.60. The van der Waals surface area contributed by atoms with Crippen LogP contribution in [0.4, 0.5) is 5.69 Å². The molecule has 0 aliphatic rings. The third kappa shape index (κ3) is 4.28. The van der Waals surface area contributed by atoms with Crippen molar-refractivity contribution in [3.8, 4) is 0 Å². The van der Waals surface area contributed by atoms with Gasteiger partial charge in [-0.15, -0.1) is 0 Å². The van der Waals surface area contributed by atoms with Crippen molar-refractivity contribution in [2.75, 3.05) is 11.9 Å². The van der Waals surface area contributed by atoms with Crippen molar-refractivity contribution in [3.05, 3.63) is 75.2 Å². The van der Waals surface area contributed by atoms with E-state index in [9.17, 15) is 9.59 Å². The van der Waals surface area contributed by atoms with Crippen molar-refractivity contribution >= 4 is 63.1 Å². The maximum atomic E-state index is 12.2. The van der Waals surface area contributed by atoms with Crippen molar-refractivity contribution in [1.29, 1.82) is 0 Å². The van der Waals surface area contributed by atoms with Gasteiger partial charge in [0.25, 0.3) is 5.91 Å². The minimum atomic E-state index is -0.598. The van der Waals surface area contributed by atoms with Gasteiger partial charge in [0, 0.05) is 5.02 Å². The fourth-order valence-electron chi connectivity index (χ4n) is 2.37. The highest BCUT2D eigenvalue weighted by Gasteiger charge is 2.14. The van der Waals surface area contributed by atoms with Gasteiger partial charge in [0.1, 0.15) is 0 Å². The molecule has 7 heteroatoms. The lowest BCUT2D eigenvalue weighted by Crippen LogP contribution is -2.21. The summed E-state index contributed by atoms with van der Waals surface area (Å²) in [4.78, 5) is 24.2. The highest BCUT2D eigenvalue weighted by Crippen LogP contribution is 2.33. The van der Waals surface area contributed by atoms with E-state index in [2.05, 4.69) is 5.32 Å². The number of halogens is 3. The molecule has 26 heavy (non-hydrogen) atoms. The van der Waals surface area contributed by atoms with Gasteiger partial charge >= 0.3 is 5.97 Å². The van der Waals surface area contributed by atoms with E-state index >= 15 is 0 Å². The third-order valence-corrected chi connectivity index (χ3v) is 4.41. The molecule has 0 spiro atoms. The van der Waals surface area contributed by atoms with Gasteiger partial charge in [0.15, 0.2) is 6.61 Å². The highest BCUT2D eigenvalue weighted by molar-refractivity contribution is 6.42. The van der Waals surface area contributed by atoms with Crippen LogP contribution in [0.5, 0.6) is 0 Å². The first-order chi connectivity index (χ1) is 12.4. The van der Waals surface area contributed by atoms with Gasteiger partial charge in [-0.2, -0.15) is 0 Å². The molecule has 1 N–H and O–H groups in total. The molecule has 3 aromatic carbocycles. The molecule has 0 aliphatic carbocycles. The molecule has 0 unspecified atom stereocenters. The van der Waals surface area contributed by atoms with E-state index in [1.807, 2.05) is 30.3 Å². The van der Waals surface area contributed by atoms with Gasteiger partial charge in [-0.3, -0.25) is 4.79 Å². The van der Waals surface area contributed by atoms with Crippen molar-refractivity contribution in [2.24, 2.45) is 0 Å². The topological polar surface area (TPSA) is 55.4 Å².